The molecule has 0 saturated carbocycles. The summed E-state index contributed by atoms with van der Waals surface area (Å²) in [7, 11) is 0. The van der Waals surface area contributed by atoms with E-state index in [9.17, 15) is 22.8 Å². The van der Waals surface area contributed by atoms with Crippen LogP contribution in [0, 0.1) is 0 Å². The lowest BCUT2D eigenvalue weighted by atomic mass is 9.99. The quantitative estimate of drug-likeness (QED) is 0.918. The average molecular weight is 340 g/mol. The fourth-order valence-electron chi connectivity index (χ4n) is 3.62. The van der Waals surface area contributed by atoms with Crippen LogP contribution in [0.5, 0.6) is 0 Å². The summed E-state index contributed by atoms with van der Waals surface area (Å²) in [6.45, 7) is -0.946. The summed E-state index contributed by atoms with van der Waals surface area (Å²) in [6.07, 6.45) is -1.92. The van der Waals surface area contributed by atoms with Crippen molar-refractivity contribution in [3.63, 3.8) is 0 Å². The Balaban J connectivity index is 1.69. The van der Waals surface area contributed by atoms with E-state index in [1.807, 2.05) is 29.6 Å². The molecule has 130 valence electrons. The van der Waals surface area contributed by atoms with Crippen molar-refractivity contribution in [2.75, 3.05) is 13.1 Å². The molecule has 2 aliphatic rings. The predicted molar refractivity (Wildman–Crippen MR) is 81.3 cm³/mol. The predicted octanol–water partition coefficient (Wildman–Crippen LogP) is 2.39. The first-order valence-corrected chi connectivity index (χ1v) is 8.09. The number of hydrogen-bond acceptors (Lipinski definition) is 2. The highest BCUT2D eigenvalue weighted by Crippen LogP contribution is 2.36. The van der Waals surface area contributed by atoms with Gasteiger partial charge in [0.25, 0.3) is 0 Å². The first-order valence-electron chi connectivity index (χ1n) is 8.09. The summed E-state index contributed by atoms with van der Waals surface area (Å²) in [4.78, 5) is 26.4. The molecule has 0 bridgehead atoms. The Morgan fingerprint density at radius 2 is 1.96 bits per heavy atom. The highest BCUT2D eigenvalue weighted by atomic mass is 19.4. The topological polar surface area (TPSA) is 49.4 Å². The molecule has 2 atom stereocenters. The molecule has 0 aromatic heterocycles. The fraction of sp³-hybridized carbons (Fsp3) is 0.529. The second-order valence-electron chi connectivity index (χ2n) is 6.31. The Kier molecular flexibility index (Phi) is 4.51. The second-order valence-corrected chi connectivity index (χ2v) is 6.31. The zero-order valence-corrected chi connectivity index (χ0v) is 13.1. The maximum absolute atomic E-state index is 12.9. The largest absolute Gasteiger partial charge is 0.405 e. The minimum atomic E-state index is -4.45. The molecule has 24 heavy (non-hydrogen) atoms. The molecular formula is C17H19F3N2O2. The number of amides is 2. The highest BCUT2D eigenvalue weighted by Gasteiger charge is 2.40. The Hall–Kier alpha value is -2.05. The zero-order valence-electron chi connectivity index (χ0n) is 13.1. The summed E-state index contributed by atoms with van der Waals surface area (Å²) in [5.41, 5.74) is 2.11. The van der Waals surface area contributed by atoms with Crippen LogP contribution in [0.15, 0.2) is 24.3 Å². The van der Waals surface area contributed by atoms with E-state index in [4.69, 9.17) is 0 Å². The molecule has 2 amide bonds. The van der Waals surface area contributed by atoms with Crippen molar-refractivity contribution in [1.29, 1.82) is 0 Å². The number of halogens is 3. The van der Waals surface area contributed by atoms with Crippen LogP contribution in [0.2, 0.25) is 0 Å². The van der Waals surface area contributed by atoms with E-state index in [1.54, 1.807) is 0 Å². The number of nitrogens with one attached hydrogen (secondary N) is 1. The molecule has 0 unspecified atom stereocenters. The summed E-state index contributed by atoms with van der Waals surface area (Å²) in [5.74, 6) is -1.16. The van der Waals surface area contributed by atoms with Gasteiger partial charge in [-0.15, -0.1) is 0 Å². The number of likely N-dealkylation sites (tertiary alicyclic amines) is 1. The number of carbonyl (C=O) groups excluding carboxylic acids is 2. The molecule has 7 heteroatoms. The number of benzene rings is 1. The van der Waals surface area contributed by atoms with Crippen LogP contribution >= 0.6 is 0 Å². The van der Waals surface area contributed by atoms with E-state index >= 15 is 0 Å². The number of alkyl halides is 3. The highest BCUT2D eigenvalue weighted by molar-refractivity contribution is 5.91. The van der Waals surface area contributed by atoms with Crippen LogP contribution < -0.4 is 5.32 Å². The smallest absolute Gasteiger partial charge is 0.345 e. The standard InChI is InChI=1S/C17H19F3N2O2/c18-17(19,20)10-21-15(23)14-6-3-9-22(14)16(24)13-8-7-11-4-1-2-5-12(11)13/h1-2,4-5,13-14H,3,6-10H2,(H,21,23)/t13-,14+/m0/s1. The van der Waals surface area contributed by atoms with E-state index in [0.717, 1.165) is 17.5 Å². The van der Waals surface area contributed by atoms with Gasteiger partial charge in [0.15, 0.2) is 0 Å². The normalized spacial score (nSPS) is 23.2. The van der Waals surface area contributed by atoms with Gasteiger partial charge in [-0.3, -0.25) is 9.59 Å². The van der Waals surface area contributed by atoms with Gasteiger partial charge < -0.3 is 10.2 Å². The Morgan fingerprint density at radius 1 is 1.21 bits per heavy atom. The third kappa shape index (κ3) is 3.39. The molecule has 1 heterocycles. The van der Waals surface area contributed by atoms with Crippen LogP contribution in [0.1, 0.15) is 36.3 Å². The van der Waals surface area contributed by atoms with Crippen LogP contribution in [0.3, 0.4) is 0 Å². The molecule has 1 N–H and O–H groups in total. The lowest BCUT2D eigenvalue weighted by Crippen LogP contribution is -2.49. The molecule has 1 aliphatic heterocycles. The van der Waals surface area contributed by atoms with Crippen LogP contribution in [0.25, 0.3) is 0 Å². The Morgan fingerprint density at radius 3 is 2.71 bits per heavy atom. The minimum absolute atomic E-state index is 0.149. The van der Waals surface area contributed by atoms with E-state index in [-0.39, 0.29) is 11.8 Å². The number of carbonyl (C=O) groups is 2. The van der Waals surface area contributed by atoms with Gasteiger partial charge in [-0.1, -0.05) is 24.3 Å². The third-order valence-electron chi connectivity index (χ3n) is 4.73. The van der Waals surface area contributed by atoms with Crippen LogP contribution in [-0.2, 0) is 16.0 Å². The first kappa shape index (κ1) is 16.8. The summed E-state index contributed by atoms with van der Waals surface area (Å²) in [5, 5.41) is 1.90. The van der Waals surface area contributed by atoms with Crippen molar-refractivity contribution in [3.05, 3.63) is 35.4 Å². The van der Waals surface area contributed by atoms with Crippen molar-refractivity contribution in [2.24, 2.45) is 0 Å². The third-order valence-corrected chi connectivity index (χ3v) is 4.73. The van der Waals surface area contributed by atoms with Gasteiger partial charge in [0, 0.05) is 6.54 Å². The minimum Gasteiger partial charge on any atom is -0.345 e. The van der Waals surface area contributed by atoms with Gasteiger partial charge in [-0.25, -0.2) is 0 Å². The van der Waals surface area contributed by atoms with Gasteiger partial charge in [-0.2, -0.15) is 13.2 Å². The zero-order chi connectivity index (χ0) is 17.3. The molecule has 0 spiro atoms. The molecule has 3 rings (SSSR count). The maximum atomic E-state index is 12.9. The molecule has 1 aliphatic carbocycles. The molecule has 1 saturated heterocycles. The van der Waals surface area contributed by atoms with Crippen LogP contribution in [0.4, 0.5) is 13.2 Å². The lowest BCUT2D eigenvalue weighted by molar-refractivity contribution is -0.145. The van der Waals surface area contributed by atoms with E-state index in [1.165, 1.54) is 4.90 Å². The van der Waals surface area contributed by atoms with Crippen molar-refractivity contribution in [2.45, 2.75) is 43.8 Å². The number of nitrogens with zero attached hydrogens (tertiary/aromatic N) is 1. The molecule has 1 aromatic rings. The molecule has 0 radical (unpaired) electrons. The molecule has 1 aromatic carbocycles. The summed E-state index contributed by atoms with van der Waals surface area (Å²) >= 11 is 0. The van der Waals surface area contributed by atoms with Crippen molar-refractivity contribution < 1.29 is 22.8 Å². The summed E-state index contributed by atoms with van der Waals surface area (Å²) < 4.78 is 36.8. The number of aryl methyl sites for hydroxylation is 1. The molecule has 4 nitrogen and oxygen atoms in total. The van der Waals surface area contributed by atoms with E-state index in [2.05, 4.69) is 0 Å². The van der Waals surface area contributed by atoms with Gasteiger partial charge in [-0.05, 0) is 36.8 Å². The van der Waals surface area contributed by atoms with Crippen molar-refractivity contribution in [3.8, 4) is 0 Å². The van der Waals surface area contributed by atoms with Gasteiger partial charge in [0.05, 0.1) is 5.92 Å². The molecular weight excluding hydrogens is 321 g/mol. The lowest BCUT2D eigenvalue weighted by Gasteiger charge is -2.27. The van der Waals surface area contributed by atoms with Crippen molar-refractivity contribution in [1.82, 2.24) is 10.2 Å². The average Bonchev–Trinajstić information content (AvgIpc) is 3.18. The van der Waals surface area contributed by atoms with E-state index < -0.39 is 24.7 Å². The maximum Gasteiger partial charge on any atom is 0.405 e. The monoisotopic (exact) mass is 340 g/mol. The van der Waals surface area contributed by atoms with E-state index in [0.29, 0.717) is 25.8 Å². The second kappa shape index (κ2) is 6.45. The number of hydrogen-bond donors (Lipinski definition) is 1. The first-order chi connectivity index (χ1) is 11.4. The number of fused-ring (bicyclic) bond motifs is 1. The van der Waals surface area contributed by atoms with Crippen LogP contribution in [-0.4, -0.2) is 42.0 Å². The number of rotatable bonds is 3. The summed E-state index contributed by atoms with van der Waals surface area (Å²) in [6, 6.07) is 6.91. The van der Waals surface area contributed by atoms with Gasteiger partial charge in [0.2, 0.25) is 11.8 Å². The molecule has 1 fully saturated rings. The SMILES string of the molecule is O=C(NCC(F)(F)F)[C@H]1CCCN1C(=O)[C@H]1CCc2ccccc21. The van der Waals surface area contributed by atoms with Gasteiger partial charge in [0.1, 0.15) is 12.6 Å². The van der Waals surface area contributed by atoms with Gasteiger partial charge >= 0.3 is 6.18 Å². The Labute approximate surface area is 138 Å². The van der Waals surface area contributed by atoms with Crippen molar-refractivity contribution >= 4 is 11.8 Å². The fourth-order valence-corrected chi connectivity index (χ4v) is 3.62. The Bertz CT molecular complexity index is 645.